The molecule has 18 heteroatoms. The predicted molar refractivity (Wildman–Crippen MR) is 205 cm³/mol. The molecule has 4 rings (SSSR count). The molecule has 0 radical (unpaired) electrons. The van der Waals surface area contributed by atoms with Crippen LogP contribution in [0.1, 0.15) is 33.1 Å². The normalized spacial score (nSPS) is 24.4. The fourth-order valence-corrected chi connectivity index (χ4v) is 6.10. The van der Waals surface area contributed by atoms with Crippen molar-refractivity contribution >= 4 is 0 Å². The zero-order chi connectivity index (χ0) is 40.5. The Balaban J connectivity index is 1.19. The standard InChI is InChI=1S/C39H74N2O16/c1-30(40(14-32(42)18-46-6-10-50-22-36-26-54-36)15-33(43)19-47-7-11-51-23-37-27-55-37)4-3-5-31(2)41(16-34(44)20-48-8-12-52-24-38-28-56-38)17-35(45)21-49-9-13-53-25-39-29-57-39/h30-39,42-45H,3-29H2,1-2H3. The van der Waals surface area contributed by atoms with Gasteiger partial charge in [0, 0.05) is 38.3 Å². The fraction of sp³-hybridized carbons (Fsp3) is 1.00. The number of nitrogens with zero attached hydrogens (tertiary/aromatic N) is 2. The molecule has 0 saturated carbocycles. The van der Waals surface area contributed by atoms with Gasteiger partial charge in [-0.15, -0.1) is 0 Å². The lowest BCUT2D eigenvalue weighted by molar-refractivity contribution is -0.0372. The first kappa shape index (κ1) is 48.9. The van der Waals surface area contributed by atoms with Crippen molar-refractivity contribution in [3.63, 3.8) is 0 Å². The van der Waals surface area contributed by atoms with E-state index in [2.05, 4.69) is 23.6 Å². The number of hydrogen-bond acceptors (Lipinski definition) is 18. The van der Waals surface area contributed by atoms with Crippen LogP contribution in [-0.2, 0) is 56.8 Å². The molecule has 4 fully saturated rings. The van der Waals surface area contributed by atoms with Crippen LogP contribution in [0.2, 0.25) is 0 Å². The minimum atomic E-state index is -0.759. The van der Waals surface area contributed by atoms with E-state index in [0.29, 0.717) is 105 Å². The van der Waals surface area contributed by atoms with Gasteiger partial charge in [0.1, 0.15) is 24.4 Å². The molecule has 10 unspecified atom stereocenters. The second kappa shape index (κ2) is 29.5. The van der Waals surface area contributed by atoms with E-state index in [1.807, 2.05) is 0 Å². The van der Waals surface area contributed by atoms with Crippen molar-refractivity contribution in [1.29, 1.82) is 0 Å². The fourth-order valence-electron chi connectivity index (χ4n) is 6.10. The molecule has 0 amide bonds. The van der Waals surface area contributed by atoms with E-state index < -0.39 is 24.4 Å². The summed E-state index contributed by atoms with van der Waals surface area (Å²) in [5.41, 5.74) is 0. The largest absolute Gasteiger partial charge is 0.389 e. The van der Waals surface area contributed by atoms with Gasteiger partial charge in [-0.05, 0) is 26.7 Å². The number of hydrogen-bond donors (Lipinski definition) is 4. The van der Waals surface area contributed by atoms with Gasteiger partial charge in [0.2, 0.25) is 0 Å². The van der Waals surface area contributed by atoms with Crippen molar-refractivity contribution in [2.45, 2.75) is 94.0 Å². The maximum Gasteiger partial charge on any atom is 0.104 e. The molecule has 0 bridgehead atoms. The molecule has 4 aliphatic heterocycles. The summed E-state index contributed by atoms with van der Waals surface area (Å²) in [6, 6.07) is 0.0538. The highest BCUT2D eigenvalue weighted by atomic mass is 16.6. The molecule has 57 heavy (non-hydrogen) atoms. The van der Waals surface area contributed by atoms with Crippen LogP contribution in [0.3, 0.4) is 0 Å². The highest BCUT2D eigenvalue weighted by molar-refractivity contribution is 4.78. The molecule has 336 valence electrons. The quantitative estimate of drug-likeness (QED) is 0.0417. The number of aliphatic hydroxyl groups excluding tert-OH is 4. The Bertz CT molecular complexity index is 841. The van der Waals surface area contributed by atoms with Crippen LogP contribution in [0.4, 0.5) is 0 Å². The Morgan fingerprint density at radius 2 is 0.649 bits per heavy atom. The van der Waals surface area contributed by atoms with Crippen molar-refractivity contribution in [2.75, 3.05) is 158 Å². The Hall–Kier alpha value is -0.720. The Morgan fingerprint density at radius 1 is 0.421 bits per heavy atom. The SMILES string of the molecule is CC(CCCC(C)N(CC(O)COCCOCC1CO1)CC(O)COCCOCC1CO1)N(CC(O)COCCOCC1CO1)CC(O)COCCOCC1CO1. The van der Waals surface area contributed by atoms with Crippen LogP contribution in [0.5, 0.6) is 0 Å². The zero-order valence-electron chi connectivity index (χ0n) is 34.4. The second-order valence-corrected chi connectivity index (χ2v) is 15.6. The van der Waals surface area contributed by atoms with Gasteiger partial charge in [-0.3, -0.25) is 9.80 Å². The summed E-state index contributed by atoms with van der Waals surface area (Å²) < 4.78 is 65.4. The summed E-state index contributed by atoms with van der Waals surface area (Å²) in [4.78, 5) is 4.16. The molecule has 0 aromatic carbocycles. The number of rotatable bonds is 42. The lowest BCUT2D eigenvalue weighted by Crippen LogP contribution is -2.46. The monoisotopic (exact) mass is 827 g/mol. The van der Waals surface area contributed by atoms with Crippen LogP contribution in [0.25, 0.3) is 0 Å². The number of epoxide rings is 4. The van der Waals surface area contributed by atoms with Crippen LogP contribution in [0.15, 0.2) is 0 Å². The Labute approximate surface area is 339 Å². The average molecular weight is 827 g/mol. The molecule has 18 nitrogen and oxygen atoms in total. The Kier molecular flexibility index (Phi) is 25.3. The minimum absolute atomic E-state index is 0.0269. The van der Waals surface area contributed by atoms with Gasteiger partial charge in [0.25, 0.3) is 0 Å². The molecule has 10 atom stereocenters. The molecule has 4 saturated heterocycles. The molecule has 4 heterocycles. The number of ether oxygens (including phenoxy) is 12. The maximum atomic E-state index is 10.9. The van der Waals surface area contributed by atoms with E-state index in [-0.39, 0.29) is 62.9 Å². The molecule has 0 aliphatic carbocycles. The van der Waals surface area contributed by atoms with E-state index in [9.17, 15) is 20.4 Å². The van der Waals surface area contributed by atoms with Gasteiger partial charge >= 0.3 is 0 Å². The summed E-state index contributed by atoms with van der Waals surface area (Å²) in [6.07, 6.45) is 0.168. The van der Waals surface area contributed by atoms with Gasteiger partial charge in [-0.25, -0.2) is 0 Å². The first-order chi connectivity index (χ1) is 27.7. The van der Waals surface area contributed by atoms with Crippen molar-refractivity contribution < 1.29 is 77.3 Å². The predicted octanol–water partition coefficient (Wildman–Crippen LogP) is -1.29. The van der Waals surface area contributed by atoms with Crippen molar-refractivity contribution in [2.24, 2.45) is 0 Å². The summed E-state index contributed by atoms with van der Waals surface area (Å²) >= 11 is 0. The smallest absolute Gasteiger partial charge is 0.104 e. The van der Waals surface area contributed by atoms with E-state index in [1.54, 1.807) is 0 Å². The lowest BCUT2D eigenvalue weighted by atomic mass is 10.0. The first-order valence-corrected chi connectivity index (χ1v) is 21.0. The van der Waals surface area contributed by atoms with Crippen molar-refractivity contribution in [3.8, 4) is 0 Å². The minimum Gasteiger partial charge on any atom is -0.389 e. The van der Waals surface area contributed by atoms with Crippen LogP contribution < -0.4 is 0 Å². The summed E-state index contributed by atoms with van der Waals surface area (Å²) in [7, 11) is 0. The van der Waals surface area contributed by atoms with Gasteiger partial charge in [-0.1, -0.05) is 6.42 Å². The van der Waals surface area contributed by atoms with E-state index in [0.717, 1.165) is 45.7 Å². The molecule has 4 N–H and O–H groups in total. The third-order valence-corrected chi connectivity index (χ3v) is 9.82. The molecular weight excluding hydrogens is 752 g/mol. The van der Waals surface area contributed by atoms with Crippen LogP contribution in [-0.4, -0.2) is 249 Å². The summed E-state index contributed by atoms with van der Waals surface area (Å²) in [5.74, 6) is 0. The number of aliphatic hydroxyl groups is 4. The summed E-state index contributed by atoms with van der Waals surface area (Å²) in [5, 5.41) is 43.6. The summed E-state index contributed by atoms with van der Waals surface area (Å²) in [6.45, 7) is 14.4. The van der Waals surface area contributed by atoms with Crippen LogP contribution >= 0.6 is 0 Å². The van der Waals surface area contributed by atoms with Gasteiger partial charge < -0.3 is 77.3 Å². The maximum absolute atomic E-state index is 10.9. The molecular formula is C39H74N2O16. The van der Waals surface area contributed by atoms with Crippen LogP contribution in [0, 0.1) is 0 Å². The second-order valence-electron chi connectivity index (χ2n) is 15.6. The van der Waals surface area contributed by atoms with Crippen molar-refractivity contribution in [3.05, 3.63) is 0 Å². The van der Waals surface area contributed by atoms with Gasteiger partial charge in [0.15, 0.2) is 0 Å². The van der Waals surface area contributed by atoms with E-state index in [1.165, 1.54) is 0 Å². The molecule has 0 aromatic heterocycles. The average Bonchev–Trinajstić information content (AvgIpc) is 3.98. The van der Waals surface area contributed by atoms with E-state index >= 15 is 0 Å². The Morgan fingerprint density at radius 3 is 0.877 bits per heavy atom. The molecule has 0 aromatic rings. The molecule has 0 spiro atoms. The zero-order valence-corrected chi connectivity index (χ0v) is 34.4. The lowest BCUT2D eigenvalue weighted by Gasteiger charge is -2.34. The van der Waals surface area contributed by atoms with Gasteiger partial charge in [0.05, 0.1) is 157 Å². The van der Waals surface area contributed by atoms with Crippen molar-refractivity contribution in [1.82, 2.24) is 9.80 Å². The molecule has 4 aliphatic rings. The van der Waals surface area contributed by atoms with E-state index in [4.69, 9.17) is 56.8 Å². The third-order valence-electron chi connectivity index (χ3n) is 9.82. The first-order valence-electron chi connectivity index (χ1n) is 21.0. The third kappa shape index (κ3) is 26.3. The highest BCUT2D eigenvalue weighted by Crippen LogP contribution is 2.17. The van der Waals surface area contributed by atoms with Gasteiger partial charge in [-0.2, -0.15) is 0 Å². The topological polar surface area (TPSA) is 211 Å². The highest BCUT2D eigenvalue weighted by Gasteiger charge is 2.26.